The van der Waals surface area contributed by atoms with E-state index in [0.29, 0.717) is 61.4 Å². The van der Waals surface area contributed by atoms with Gasteiger partial charge in [-0.25, -0.2) is 0 Å². The molecule has 4 heterocycles. The first-order valence-electron chi connectivity index (χ1n) is 13.2. The monoisotopic (exact) mass is 570 g/mol. The van der Waals surface area contributed by atoms with Crippen LogP contribution < -0.4 is 9.64 Å². The molecule has 5 rings (SSSR count). The standard InChI is InChI=1S/C28H32Cl2N6O3/c1-3-25(37)36-13-12-35(15-18(36)9-10-31)27-21-17-38-24(20-7-4-8-22(29)26(20)30)14-23(21)32-28(33-27)39-16-19-6-5-11-34(19)2/h3-4,7-8,18-19,24H,1,5-6,9,11-17H2,2H3/t18-,19-,24?/m0/s1. The van der Waals surface area contributed by atoms with E-state index < -0.39 is 0 Å². The van der Waals surface area contributed by atoms with E-state index in [2.05, 4.69) is 29.5 Å². The van der Waals surface area contributed by atoms with Crippen molar-refractivity contribution in [3.63, 3.8) is 0 Å². The number of nitriles is 1. The van der Waals surface area contributed by atoms with E-state index in [1.165, 1.54) is 6.08 Å². The Kier molecular flexibility index (Phi) is 8.57. The number of carbonyl (C=O) groups is 1. The highest BCUT2D eigenvalue weighted by Crippen LogP contribution is 2.39. The van der Waals surface area contributed by atoms with Gasteiger partial charge >= 0.3 is 6.01 Å². The lowest BCUT2D eigenvalue weighted by atomic mass is 9.98. The molecule has 3 aliphatic heterocycles. The topological polar surface area (TPSA) is 94.8 Å². The number of carbonyl (C=O) groups excluding carboxylic acids is 1. The van der Waals surface area contributed by atoms with Crippen molar-refractivity contribution >= 4 is 34.9 Å². The van der Waals surface area contributed by atoms with Gasteiger partial charge in [0.25, 0.3) is 0 Å². The van der Waals surface area contributed by atoms with Crippen LogP contribution in [0.15, 0.2) is 30.9 Å². The van der Waals surface area contributed by atoms with Gasteiger partial charge in [-0.1, -0.05) is 41.9 Å². The summed E-state index contributed by atoms with van der Waals surface area (Å²) >= 11 is 12.8. The van der Waals surface area contributed by atoms with Gasteiger partial charge in [0.1, 0.15) is 12.4 Å². The van der Waals surface area contributed by atoms with Gasteiger partial charge < -0.3 is 24.2 Å². The Morgan fingerprint density at radius 1 is 1.28 bits per heavy atom. The van der Waals surface area contributed by atoms with Crippen LogP contribution in [0, 0.1) is 11.3 Å². The lowest BCUT2D eigenvalue weighted by Crippen LogP contribution is -2.55. The maximum atomic E-state index is 12.4. The van der Waals surface area contributed by atoms with Crippen LogP contribution in [0.1, 0.15) is 42.2 Å². The summed E-state index contributed by atoms with van der Waals surface area (Å²) in [5.74, 6) is 0.549. The van der Waals surface area contributed by atoms with Crippen LogP contribution in [-0.2, 0) is 22.6 Å². The number of ether oxygens (including phenoxy) is 2. The SMILES string of the molecule is C=CC(=O)N1CCN(c2nc(OC[C@@H]3CCCN3C)nc3c2COC(c2cccc(Cl)c2Cl)C3)C[C@@H]1CC#N. The van der Waals surface area contributed by atoms with Gasteiger partial charge in [0.15, 0.2) is 0 Å². The Morgan fingerprint density at radius 2 is 2.13 bits per heavy atom. The molecule has 2 saturated heterocycles. The van der Waals surface area contributed by atoms with Gasteiger partial charge in [-0.15, -0.1) is 0 Å². The second-order valence-corrected chi connectivity index (χ2v) is 11.0. The van der Waals surface area contributed by atoms with E-state index in [-0.39, 0.29) is 24.5 Å². The number of anilines is 1. The first kappa shape index (κ1) is 27.7. The molecule has 0 N–H and O–H groups in total. The summed E-state index contributed by atoms with van der Waals surface area (Å²) in [6, 6.07) is 8.12. The summed E-state index contributed by atoms with van der Waals surface area (Å²) < 4.78 is 12.5. The second-order valence-electron chi connectivity index (χ2n) is 10.2. The molecular weight excluding hydrogens is 539 g/mol. The number of halogens is 2. The number of amides is 1. The molecule has 1 unspecified atom stereocenters. The molecule has 0 bridgehead atoms. The smallest absolute Gasteiger partial charge is 0.318 e. The van der Waals surface area contributed by atoms with Crippen molar-refractivity contribution in [3.8, 4) is 12.1 Å². The zero-order valence-corrected chi connectivity index (χ0v) is 23.5. The molecule has 9 nitrogen and oxygen atoms in total. The highest BCUT2D eigenvalue weighted by atomic mass is 35.5. The Balaban J connectivity index is 1.46. The van der Waals surface area contributed by atoms with Crippen molar-refractivity contribution in [2.45, 2.75) is 50.5 Å². The minimum Gasteiger partial charge on any atom is -0.462 e. The number of fused-ring (bicyclic) bond motifs is 1. The molecule has 1 aromatic carbocycles. The predicted octanol–water partition coefficient (Wildman–Crippen LogP) is 4.19. The summed E-state index contributed by atoms with van der Waals surface area (Å²) in [5, 5.41) is 10.4. The molecule has 2 aromatic rings. The lowest BCUT2D eigenvalue weighted by Gasteiger charge is -2.41. The predicted molar refractivity (Wildman–Crippen MR) is 149 cm³/mol. The Bertz CT molecular complexity index is 1280. The lowest BCUT2D eigenvalue weighted by molar-refractivity contribution is -0.128. The van der Waals surface area contributed by atoms with Crippen molar-refractivity contribution in [1.29, 1.82) is 5.26 Å². The van der Waals surface area contributed by atoms with E-state index in [9.17, 15) is 10.1 Å². The van der Waals surface area contributed by atoms with Gasteiger partial charge in [-0.3, -0.25) is 4.79 Å². The van der Waals surface area contributed by atoms with Gasteiger partial charge in [-0.05, 0) is 38.6 Å². The molecule has 2 fully saturated rings. The van der Waals surface area contributed by atoms with Crippen LogP contribution in [0.2, 0.25) is 10.0 Å². The molecule has 3 atom stereocenters. The molecule has 11 heteroatoms. The zero-order chi connectivity index (χ0) is 27.5. The largest absolute Gasteiger partial charge is 0.462 e. The van der Waals surface area contributed by atoms with Crippen molar-refractivity contribution in [2.75, 3.05) is 44.7 Å². The molecule has 39 heavy (non-hydrogen) atoms. The van der Waals surface area contributed by atoms with Gasteiger partial charge in [0.05, 0.1) is 47.0 Å². The van der Waals surface area contributed by atoms with Crippen LogP contribution in [0.3, 0.4) is 0 Å². The Labute approximate surface area is 238 Å². The molecule has 1 aromatic heterocycles. The first-order valence-corrected chi connectivity index (χ1v) is 14.0. The first-order chi connectivity index (χ1) is 18.9. The van der Waals surface area contributed by atoms with Gasteiger partial charge in [0.2, 0.25) is 5.91 Å². The zero-order valence-electron chi connectivity index (χ0n) is 22.0. The fourth-order valence-corrected chi connectivity index (χ4v) is 6.05. The summed E-state index contributed by atoms with van der Waals surface area (Å²) in [5.41, 5.74) is 2.54. The maximum Gasteiger partial charge on any atom is 0.318 e. The van der Waals surface area contributed by atoms with Crippen LogP contribution in [0.5, 0.6) is 6.01 Å². The number of hydrogen-bond acceptors (Lipinski definition) is 8. The number of piperazine rings is 1. The fourth-order valence-electron chi connectivity index (χ4n) is 5.62. The van der Waals surface area contributed by atoms with Gasteiger partial charge in [-0.2, -0.15) is 15.2 Å². The normalized spacial score (nSPS) is 23.3. The van der Waals surface area contributed by atoms with E-state index in [1.807, 2.05) is 12.1 Å². The summed E-state index contributed by atoms with van der Waals surface area (Å²) in [7, 11) is 2.11. The number of nitrogens with zero attached hydrogens (tertiary/aromatic N) is 6. The van der Waals surface area contributed by atoms with Crippen LogP contribution in [0.25, 0.3) is 0 Å². The van der Waals surface area contributed by atoms with Crippen molar-refractivity contribution in [2.24, 2.45) is 0 Å². The van der Waals surface area contributed by atoms with Crippen molar-refractivity contribution < 1.29 is 14.3 Å². The average Bonchev–Trinajstić information content (AvgIpc) is 3.36. The Morgan fingerprint density at radius 3 is 2.87 bits per heavy atom. The number of likely N-dealkylation sites (N-methyl/N-ethyl adjacent to an activating group) is 1. The molecule has 0 spiro atoms. The summed E-state index contributed by atoms with van der Waals surface area (Å²) in [4.78, 5) is 28.2. The molecule has 206 valence electrons. The highest BCUT2D eigenvalue weighted by molar-refractivity contribution is 6.42. The maximum absolute atomic E-state index is 12.4. The van der Waals surface area contributed by atoms with Crippen LogP contribution in [0.4, 0.5) is 5.82 Å². The minimum absolute atomic E-state index is 0.172. The third-order valence-corrected chi connectivity index (χ3v) is 8.66. The van der Waals surface area contributed by atoms with Crippen LogP contribution >= 0.6 is 23.2 Å². The number of benzene rings is 1. The number of aromatic nitrogens is 2. The average molecular weight is 572 g/mol. The van der Waals surface area contributed by atoms with E-state index in [0.717, 1.165) is 42.0 Å². The van der Waals surface area contributed by atoms with Crippen LogP contribution in [-0.4, -0.2) is 77.6 Å². The Hall–Kier alpha value is -2.90. The number of hydrogen-bond donors (Lipinski definition) is 0. The molecular formula is C28H32Cl2N6O3. The second kappa shape index (κ2) is 12.1. The number of rotatable bonds is 7. The van der Waals surface area contributed by atoms with E-state index >= 15 is 0 Å². The molecule has 3 aliphatic rings. The molecule has 1 amide bonds. The van der Waals surface area contributed by atoms with Crippen molar-refractivity contribution in [1.82, 2.24) is 19.8 Å². The quantitative estimate of drug-likeness (QED) is 0.457. The molecule has 0 saturated carbocycles. The fraction of sp³-hybridized carbons (Fsp3) is 0.500. The molecule has 0 radical (unpaired) electrons. The van der Waals surface area contributed by atoms with E-state index in [1.54, 1.807) is 11.0 Å². The molecule has 0 aliphatic carbocycles. The van der Waals surface area contributed by atoms with E-state index in [4.69, 9.17) is 42.6 Å². The van der Waals surface area contributed by atoms with Crippen molar-refractivity contribution in [3.05, 3.63) is 57.7 Å². The highest BCUT2D eigenvalue weighted by Gasteiger charge is 2.34. The van der Waals surface area contributed by atoms with Gasteiger partial charge in [0, 0.05) is 43.2 Å². The summed E-state index contributed by atoms with van der Waals surface area (Å²) in [6.07, 6.45) is 3.91. The summed E-state index contributed by atoms with van der Waals surface area (Å²) in [6.45, 7) is 6.94. The number of likely N-dealkylation sites (tertiary alicyclic amines) is 1. The third kappa shape index (κ3) is 5.85. The minimum atomic E-state index is -0.311. The third-order valence-electron chi connectivity index (χ3n) is 7.83.